The summed E-state index contributed by atoms with van der Waals surface area (Å²) in [5, 5.41) is 2.70. The molecule has 1 aliphatic heterocycles. The second kappa shape index (κ2) is 7.49. The van der Waals surface area contributed by atoms with E-state index in [4.69, 9.17) is 9.47 Å². The van der Waals surface area contributed by atoms with Crippen LogP contribution in [0.25, 0.3) is 0 Å². The topological polar surface area (TPSA) is 67.9 Å². The molecule has 0 aromatic heterocycles. The molecule has 118 valence electrons. The Morgan fingerprint density at radius 2 is 1.82 bits per heavy atom. The summed E-state index contributed by atoms with van der Waals surface area (Å²) in [6.07, 6.45) is 1.30. The molecule has 6 nitrogen and oxygen atoms in total. The van der Waals surface area contributed by atoms with Gasteiger partial charge in [-0.15, -0.1) is 0 Å². The van der Waals surface area contributed by atoms with Gasteiger partial charge in [0.05, 0.1) is 0 Å². The second-order valence-corrected chi connectivity index (χ2v) is 4.71. The zero-order valence-corrected chi connectivity index (χ0v) is 12.8. The Kier molecular flexibility index (Phi) is 5.41. The average Bonchev–Trinajstić information content (AvgIpc) is 2.57. The highest BCUT2D eigenvalue weighted by atomic mass is 16.6. The van der Waals surface area contributed by atoms with Gasteiger partial charge in [-0.2, -0.15) is 0 Å². The van der Waals surface area contributed by atoms with Gasteiger partial charge in [-0.25, -0.2) is 0 Å². The molecular formula is C16H20N2O4. The molecular weight excluding hydrogens is 284 g/mol. The molecule has 1 aromatic rings. The molecule has 1 aliphatic rings. The molecule has 0 bridgehead atoms. The minimum Gasteiger partial charge on any atom is -0.494 e. The molecule has 0 fully saturated rings. The van der Waals surface area contributed by atoms with Gasteiger partial charge in [0, 0.05) is 24.3 Å². The van der Waals surface area contributed by atoms with Gasteiger partial charge in [-0.05, 0) is 38.1 Å². The number of nitrogens with one attached hydrogen (secondary N) is 1. The lowest BCUT2D eigenvalue weighted by Crippen LogP contribution is -2.30. The maximum absolute atomic E-state index is 12.2. The molecule has 2 amide bonds. The molecule has 1 N–H and O–H groups in total. The third-order valence-corrected chi connectivity index (χ3v) is 3.31. The number of carbonyl (C=O) groups is 2. The van der Waals surface area contributed by atoms with Crippen LogP contribution in [0.1, 0.15) is 24.2 Å². The van der Waals surface area contributed by atoms with Crippen molar-refractivity contribution in [2.45, 2.75) is 13.8 Å². The van der Waals surface area contributed by atoms with Gasteiger partial charge >= 0.3 is 0 Å². The van der Waals surface area contributed by atoms with Gasteiger partial charge < -0.3 is 19.7 Å². The van der Waals surface area contributed by atoms with E-state index in [-0.39, 0.29) is 17.6 Å². The first kappa shape index (κ1) is 15.9. The van der Waals surface area contributed by atoms with E-state index in [1.54, 1.807) is 29.2 Å². The molecule has 0 saturated carbocycles. The first-order valence-electron chi connectivity index (χ1n) is 7.31. The summed E-state index contributed by atoms with van der Waals surface area (Å²) in [6.45, 7) is 6.01. The first-order chi connectivity index (χ1) is 10.7. The lowest BCUT2D eigenvalue weighted by molar-refractivity contribution is -0.117. The lowest BCUT2D eigenvalue weighted by Gasteiger charge is -2.19. The van der Waals surface area contributed by atoms with E-state index < -0.39 is 0 Å². The molecule has 0 saturated heterocycles. The number of carbonyl (C=O) groups excluding carboxylic acids is 2. The van der Waals surface area contributed by atoms with Gasteiger partial charge in [-0.3, -0.25) is 9.59 Å². The number of hydrogen-bond donors (Lipinski definition) is 1. The Hall–Kier alpha value is -2.50. The quantitative estimate of drug-likeness (QED) is 0.903. The van der Waals surface area contributed by atoms with Crippen LogP contribution in [0.5, 0.6) is 0 Å². The van der Waals surface area contributed by atoms with Crippen molar-refractivity contribution in [2.24, 2.45) is 0 Å². The summed E-state index contributed by atoms with van der Waals surface area (Å²) in [7, 11) is 0. The maximum Gasteiger partial charge on any atom is 0.294 e. The molecule has 0 aliphatic carbocycles. The third-order valence-electron chi connectivity index (χ3n) is 3.31. The fraction of sp³-hybridized carbons (Fsp3) is 0.375. The maximum atomic E-state index is 12.2. The molecule has 1 heterocycles. The normalized spacial score (nSPS) is 13.5. The number of anilines is 1. The predicted octanol–water partition coefficient (Wildman–Crippen LogP) is 2.00. The summed E-state index contributed by atoms with van der Waals surface area (Å²) >= 11 is 0. The number of nitrogens with zero attached hydrogens (tertiary/aromatic N) is 1. The second-order valence-electron chi connectivity index (χ2n) is 4.71. The Labute approximate surface area is 129 Å². The Morgan fingerprint density at radius 3 is 2.36 bits per heavy atom. The number of ether oxygens (including phenoxy) is 2. The van der Waals surface area contributed by atoms with Crippen LogP contribution in [0.2, 0.25) is 0 Å². The zero-order chi connectivity index (χ0) is 15.9. The van der Waals surface area contributed by atoms with Crippen LogP contribution in [0.15, 0.2) is 36.3 Å². The van der Waals surface area contributed by atoms with Gasteiger partial charge in [-0.1, -0.05) is 0 Å². The summed E-state index contributed by atoms with van der Waals surface area (Å²) in [4.78, 5) is 25.9. The van der Waals surface area contributed by atoms with Crippen molar-refractivity contribution >= 4 is 17.5 Å². The standard InChI is InChI=1S/C16H20N2O4/c1-3-18(4-2)16(20)12-5-7-13(8-6-12)17-15(19)14-11-21-9-10-22-14/h5-8,11H,3-4,9-10H2,1-2H3,(H,17,19). The van der Waals surface area contributed by atoms with Crippen LogP contribution >= 0.6 is 0 Å². The Bertz CT molecular complexity index is 562. The highest BCUT2D eigenvalue weighted by Gasteiger charge is 2.16. The van der Waals surface area contributed by atoms with E-state index in [9.17, 15) is 9.59 Å². The predicted molar refractivity (Wildman–Crippen MR) is 82.3 cm³/mol. The van der Waals surface area contributed by atoms with E-state index in [1.165, 1.54) is 6.26 Å². The highest BCUT2D eigenvalue weighted by Crippen LogP contribution is 2.14. The molecule has 0 radical (unpaired) electrons. The number of benzene rings is 1. The summed E-state index contributed by atoms with van der Waals surface area (Å²) < 4.78 is 10.2. The van der Waals surface area contributed by atoms with Gasteiger partial charge in [0.25, 0.3) is 11.8 Å². The van der Waals surface area contributed by atoms with Crippen LogP contribution in [-0.2, 0) is 14.3 Å². The summed E-state index contributed by atoms with van der Waals surface area (Å²) in [5.74, 6) is -0.244. The van der Waals surface area contributed by atoms with Crippen molar-refractivity contribution in [2.75, 3.05) is 31.6 Å². The molecule has 0 unspecified atom stereocenters. The molecule has 6 heteroatoms. The molecule has 0 atom stereocenters. The largest absolute Gasteiger partial charge is 0.494 e. The van der Waals surface area contributed by atoms with E-state index in [0.29, 0.717) is 37.6 Å². The highest BCUT2D eigenvalue weighted by molar-refractivity contribution is 6.02. The van der Waals surface area contributed by atoms with Crippen molar-refractivity contribution in [1.29, 1.82) is 0 Å². The van der Waals surface area contributed by atoms with Gasteiger partial charge in [0.15, 0.2) is 0 Å². The van der Waals surface area contributed by atoms with Gasteiger partial charge in [0.1, 0.15) is 19.5 Å². The van der Waals surface area contributed by atoms with E-state index >= 15 is 0 Å². The van der Waals surface area contributed by atoms with Crippen molar-refractivity contribution in [1.82, 2.24) is 4.90 Å². The molecule has 22 heavy (non-hydrogen) atoms. The summed E-state index contributed by atoms with van der Waals surface area (Å²) in [5.41, 5.74) is 1.19. The fourth-order valence-electron chi connectivity index (χ4n) is 2.07. The molecule has 0 spiro atoms. The number of hydrogen-bond acceptors (Lipinski definition) is 4. The third kappa shape index (κ3) is 3.78. The lowest BCUT2D eigenvalue weighted by atomic mass is 10.1. The zero-order valence-electron chi connectivity index (χ0n) is 12.8. The monoisotopic (exact) mass is 304 g/mol. The summed E-state index contributed by atoms with van der Waals surface area (Å²) in [6, 6.07) is 6.78. The fourth-order valence-corrected chi connectivity index (χ4v) is 2.07. The smallest absolute Gasteiger partial charge is 0.294 e. The minimum absolute atomic E-state index is 0.0189. The van der Waals surface area contributed by atoms with Crippen LogP contribution < -0.4 is 5.32 Å². The van der Waals surface area contributed by atoms with Crippen molar-refractivity contribution in [3.63, 3.8) is 0 Å². The van der Waals surface area contributed by atoms with Crippen LogP contribution in [0, 0.1) is 0 Å². The van der Waals surface area contributed by atoms with Crippen molar-refractivity contribution in [3.8, 4) is 0 Å². The van der Waals surface area contributed by atoms with Crippen molar-refractivity contribution < 1.29 is 19.1 Å². The molecule has 1 aromatic carbocycles. The number of rotatable bonds is 5. The number of amides is 2. The average molecular weight is 304 g/mol. The van der Waals surface area contributed by atoms with Crippen LogP contribution in [-0.4, -0.2) is 43.0 Å². The van der Waals surface area contributed by atoms with Gasteiger partial charge in [0.2, 0.25) is 5.76 Å². The SMILES string of the molecule is CCN(CC)C(=O)c1ccc(NC(=O)C2=COCCO2)cc1. The first-order valence-corrected chi connectivity index (χ1v) is 7.31. The minimum atomic E-state index is -0.373. The van der Waals surface area contributed by atoms with E-state index in [0.717, 1.165) is 0 Å². The van der Waals surface area contributed by atoms with E-state index in [2.05, 4.69) is 5.32 Å². The Morgan fingerprint density at radius 1 is 1.14 bits per heavy atom. The van der Waals surface area contributed by atoms with Crippen molar-refractivity contribution in [3.05, 3.63) is 41.9 Å². The van der Waals surface area contributed by atoms with Crippen LogP contribution in [0.4, 0.5) is 5.69 Å². The Balaban J connectivity index is 2.01. The van der Waals surface area contributed by atoms with Crippen LogP contribution in [0.3, 0.4) is 0 Å². The molecule has 2 rings (SSSR count). The van der Waals surface area contributed by atoms with E-state index in [1.807, 2.05) is 13.8 Å².